The van der Waals surface area contributed by atoms with Gasteiger partial charge in [0.15, 0.2) is 0 Å². The lowest BCUT2D eigenvalue weighted by Crippen LogP contribution is -2.22. The highest BCUT2D eigenvalue weighted by atomic mass is 16.6. The number of hydrogen-bond acceptors (Lipinski definition) is 4. The van der Waals surface area contributed by atoms with E-state index < -0.39 is 4.92 Å². The van der Waals surface area contributed by atoms with E-state index in [2.05, 4.69) is 5.32 Å². The number of non-ortho nitro benzene ring substituents is 1. The van der Waals surface area contributed by atoms with Crippen molar-refractivity contribution in [2.45, 2.75) is 12.8 Å². The van der Waals surface area contributed by atoms with Crippen LogP contribution in [-0.2, 0) is 11.2 Å². The van der Waals surface area contributed by atoms with Gasteiger partial charge < -0.3 is 10.1 Å². The van der Waals surface area contributed by atoms with Gasteiger partial charge in [0, 0.05) is 24.8 Å². The monoisotopic (exact) mass is 340 g/mol. The zero-order chi connectivity index (χ0) is 18.1. The van der Waals surface area contributed by atoms with Crippen LogP contribution in [0.2, 0.25) is 0 Å². The zero-order valence-electron chi connectivity index (χ0n) is 14.0. The summed E-state index contributed by atoms with van der Waals surface area (Å²) in [5, 5.41) is 13.4. The van der Waals surface area contributed by atoms with E-state index in [0.29, 0.717) is 6.54 Å². The topological polar surface area (TPSA) is 81.5 Å². The third kappa shape index (κ3) is 6.10. The van der Waals surface area contributed by atoms with Crippen LogP contribution in [0.1, 0.15) is 17.5 Å². The van der Waals surface area contributed by atoms with Gasteiger partial charge in [-0.15, -0.1) is 0 Å². The summed E-state index contributed by atoms with van der Waals surface area (Å²) in [5.74, 6) is 0.640. The first-order valence-electron chi connectivity index (χ1n) is 7.92. The van der Waals surface area contributed by atoms with Gasteiger partial charge in [-0.05, 0) is 54.3 Å². The lowest BCUT2D eigenvalue weighted by Gasteiger charge is -2.04. The van der Waals surface area contributed by atoms with Gasteiger partial charge in [-0.2, -0.15) is 0 Å². The normalized spacial score (nSPS) is 10.6. The first kappa shape index (κ1) is 18.2. The van der Waals surface area contributed by atoms with Crippen LogP contribution in [0.3, 0.4) is 0 Å². The number of carbonyl (C=O) groups excluding carboxylic acids is 1. The molecule has 2 rings (SSSR count). The summed E-state index contributed by atoms with van der Waals surface area (Å²) in [7, 11) is 1.63. The first-order valence-corrected chi connectivity index (χ1v) is 7.92. The molecule has 0 aliphatic heterocycles. The van der Waals surface area contributed by atoms with E-state index >= 15 is 0 Å². The molecule has 2 aromatic rings. The van der Waals surface area contributed by atoms with E-state index in [9.17, 15) is 14.9 Å². The molecule has 0 aromatic heterocycles. The SMILES string of the molecule is COc1ccc(CCCNC(=O)/C=C/c2ccc([N+](=O)[O-])cc2)cc1. The maximum atomic E-state index is 11.8. The zero-order valence-corrected chi connectivity index (χ0v) is 14.0. The van der Waals surface area contributed by atoms with Crippen LogP contribution < -0.4 is 10.1 Å². The van der Waals surface area contributed by atoms with E-state index in [0.717, 1.165) is 24.2 Å². The largest absolute Gasteiger partial charge is 0.497 e. The van der Waals surface area contributed by atoms with Crippen LogP contribution in [0.15, 0.2) is 54.6 Å². The van der Waals surface area contributed by atoms with Gasteiger partial charge in [-0.25, -0.2) is 0 Å². The summed E-state index contributed by atoms with van der Waals surface area (Å²) < 4.78 is 5.11. The molecule has 0 saturated carbocycles. The molecule has 0 aliphatic carbocycles. The number of amides is 1. The van der Waals surface area contributed by atoms with E-state index in [4.69, 9.17) is 4.74 Å². The number of ether oxygens (including phenoxy) is 1. The summed E-state index contributed by atoms with van der Waals surface area (Å²) in [5.41, 5.74) is 1.95. The summed E-state index contributed by atoms with van der Waals surface area (Å²) in [6.45, 7) is 0.579. The Morgan fingerprint density at radius 3 is 2.44 bits per heavy atom. The Bertz CT molecular complexity index is 737. The fourth-order valence-electron chi connectivity index (χ4n) is 2.23. The molecule has 0 spiro atoms. The van der Waals surface area contributed by atoms with Crippen molar-refractivity contribution in [2.75, 3.05) is 13.7 Å². The Morgan fingerprint density at radius 1 is 1.16 bits per heavy atom. The third-order valence-electron chi connectivity index (χ3n) is 3.63. The number of benzene rings is 2. The summed E-state index contributed by atoms with van der Waals surface area (Å²) in [4.78, 5) is 21.9. The smallest absolute Gasteiger partial charge is 0.269 e. The summed E-state index contributed by atoms with van der Waals surface area (Å²) in [6.07, 6.45) is 4.76. The number of nitrogens with one attached hydrogen (secondary N) is 1. The van der Waals surface area contributed by atoms with Gasteiger partial charge in [-0.1, -0.05) is 12.1 Å². The lowest BCUT2D eigenvalue weighted by molar-refractivity contribution is -0.384. The molecule has 130 valence electrons. The lowest BCUT2D eigenvalue weighted by atomic mass is 10.1. The molecule has 1 N–H and O–H groups in total. The van der Waals surface area contributed by atoms with E-state index in [1.807, 2.05) is 24.3 Å². The quantitative estimate of drug-likeness (QED) is 0.346. The number of methoxy groups -OCH3 is 1. The van der Waals surface area contributed by atoms with Gasteiger partial charge in [0.25, 0.3) is 5.69 Å². The van der Waals surface area contributed by atoms with Crippen molar-refractivity contribution in [1.29, 1.82) is 0 Å². The molecule has 2 aromatic carbocycles. The Hall–Kier alpha value is -3.15. The van der Waals surface area contributed by atoms with Crippen molar-refractivity contribution in [3.8, 4) is 5.75 Å². The van der Waals surface area contributed by atoms with Crippen molar-refractivity contribution in [1.82, 2.24) is 5.32 Å². The first-order chi connectivity index (χ1) is 12.1. The fourth-order valence-corrected chi connectivity index (χ4v) is 2.23. The molecule has 0 aliphatic rings. The Kier molecular flexibility index (Phi) is 6.71. The molecular weight excluding hydrogens is 320 g/mol. The number of nitro benzene ring substituents is 1. The molecule has 6 nitrogen and oxygen atoms in total. The van der Waals surface area contributed by atoms with Gasteiger partial charge in [0.05, 0.1) is 12.0 Å². The number of nitrogens with zero attached hydrogens (tertiary/aromatic N) is 1. The van der Waals surface area contributed by atoms with Crippen LogP contribution in [0.5, 0.6) is 5.75 Å². The number of hydrogen-bond donors (Lipinski definition) is 1. The van der Waals surface area contributed by atoms with Gasteiger partial charge >= 0.3 is 0 Å². The molecule has 0 atom stereocenters. The number of carbonyl (C=O) groups is 1. The molecule has 0 unspecified atom stereocenters. The van der Waals surface area contributed by atoms with Crippen molar-refractivity contribution >= 4 is 17.7 Å². The standard InChI is InChI=1S/C19H20N2O4/c1-25-18-11-6-15(7-12-18)3-2-14-20-19(22)13-8-16-4-9-17(10-5-16)21(23)24/h4-13H,2-3,14H2,1H3,(H,20,22)/b13-8+. The van der Waals surface area contributed by atoms with Gasteiger partial charge in [0.1, 0.15) is 5.75 Å². The average molecular weight is 340 g/mol. The maximum absolute atomic E-state index is 11.8. The van der Waals surface area contributed by atoms with Crippen molar-refractivity contribution in [3.63, 3.8) is 0 Å². The molecule has 0 radical (unpaired) electrons. The number of nitro groups is 1. The highest BCUT2D eigenvalue weighted by Crippen LogP contribution is 2.13. The van der Waals surface area contributed by atoms with Crippen molar-refractivity contribution in [2.24, 2.45) is 0 Å². The summed E-state index contributed by atoms with van der Waals surface area (Å²) in [6, 6.07) is 13.9. The summed E-state index contributed by atoms with van der Waals surface area (Å²) >= 11 is 0. The molecule has 25 heavy (non-hydrogen) atoms. The fraction of sp³-hybridized carbons (Fsp3) is 0.211. The van der Waals surface area contributed by atoms with Crippen molar-refractivity contribution in [3.05, 3.63) is 75.8 Å². The van der Waals surface area contributed by atoms with Gasteiger partial charge in [0.2, 0.25) is 5.91 Å². The molecule has 0 saturated heterocycles. The molecule has 0 fully saturated rings. The molecule has 1 amide bonds. The van der Waals surface area contributed by atoms with Crippen LogP contribution >= 0.6 is 0 Å². The predicted molar refractivity (Wildman–Crippen MR) is 96.5 cm³/mol. The Labute approximate surface area is 146 Å². The van der Waals surface area contributed by atoms with Crippen molar-refractivity contribution < 1.29 is 14.5 Å². The minimum Gasteiger partial charge on any atom is -0.497 e. The molecule has 0 bridgehead atoms. The minimum absolute atomic E-state index is 0.0279. The average Bonchev–Trinajstić information content (AvgIpc) is 2.64. The van der Waals surface area contributed by atoms with E-state index in [1.165, 1.54) is 23.8 Å². The second-order valence-electron chi connectivity index (χ2n) is 5.42. The van der Waals surface area contributed by atoms with Gasteiger partial charge in [-0.3, -0.25) is 14.9 Å². The maximum Gasteiger partial charge on any atom is 0.269 e. The second kappa shape index (κ2) is 9.22. The van der Waals surface area contributed by atoms with Crippen LogP contribution in [0.4, 0.5) is 5.69 Å². The minimum atomic E-state index is -0.455. The highest BCUT2D eigenvalue weighted by molar-refractivity contribution is 5.91. The third-order valence-corrected chi connectivity index (χ3v) is 3.63. The molecule has 6 heteroatoms. The molecule has 0 heterocycles. The molecular formula is C19H20N2O4. The van der Waals surface area contributed by atoms with Crippen LogP contribution in [-0.4, -0.2) is 24.5 Å². The number of rotatable bonds is 8. The highest BCUT2D eigenvalue weighted by Gasteiger charge is 2.02. The van der Waals surface area contributed by atoms with E-state index in [-0.39, 0.29) is 11.6 Å². The van der Waals surface area contributed by atoms with Crippen LogP contribution in [0.25, 0.3) is 6.08 Å². The predicted octanol–water partition coefficient (Wildman–Crippen LogP) is 3.37. The Balaban J connectivity index is 1.71. The van der Waals surface area contributed by atoms with E-state index in [1.54, 1.807) is 25.3 Å². The Morgan fingerprint density at radius 2 is 1.84 bits per heavy atom. The second-order valence-corrected chi connectivity index (χ2v) is 5.42. The number of aryl methyl sites for hydroxylation is 1. The van der Waals surface area contributed by atoms with Crippen LogP contribution in [0, 0.1) is 10.1 Å².